The molecule has 5 rings (SSSR count). The fraction of sp³-hybridized carbons (Fsp3) is 0.500. The van der Waals surface area contributed by atoms with Crippen LogP contribution in [-0.2, 0) is 4.74 Å². The third-order valence-electron chi connectivity index (χ3n) is 6.49. The highest BCUT2D eigenvalue weighted by Crippen LogP contribution is 2.45. The molecule has 0 spiro atoms. The molecule has 2 fully saturated rings. The molecule has 6 nitrogen and oxygen atoms in total. The Morgan fingerprint density at radius 1 is 1.08 bits per heavy atom. The molecule has 1 aliphatic carbocycles. The van der Waals surface area contributed by atoms with Gasteiger partial charge in [-0.2, -0.15) is 0 Å². The van der Waals surface area contributed by atoms with E-state index in [9.17, 15) is 4.79 Å². The van der Waals surface area contributed by atoms with Gasteiger partial charge in [-0.3, -0.25) is 3.97 Å². The number of carbonyl (C=O) groups excluding carboxylic acids is 1. The predicted octanol–water partition coefficient (Wildman–Crippen LogP) is 7.82. The van der Waals surface area contributed by atoms with Crippen LogP contribution in [0, 0.1) is 6.92 Å². The van der Waals surface area contributed by atoms with Crippen LogP contribution in [0.15, 0.2) is 36.5 Å². The number of rotatable bonds is 4. The molecular formula is C28H37IN4O2S. The number of piperazine rings is 1. The molecular weight excluding hydrogens is 583 g/mol. The smallest absolute Gasteiger partial charge is 0.410 e. The van der Waals surface area contributed by atoms with Crippen molar-refractivity contribution in [2.24, 2.45) is 0 Å². The van der Waals surface area contributed by atoms with Crippen molar-refractivity contribution in [3.8, 4) is 11.1 Å². The zero-order valence-electron chi connectivity index (χ0n) is 22.2. The van der Waals surface area contributed by atoms with E-state index in [1.165, 1.54) is 46.3 Å². The molecule has 0 N–H and O–H groups in total. The number of aryl methyl sites for hydroxylation is 1. The fourth-order valence-electron chi connectivity index (χ4n) is 4.56. The van der Waals surface area contributed by atoms with E-state index in [1.807, 2.05) is 34.6 Å². The van der Waals surface area contributed by atoms with Gasteiger partial charge in [-0.1, -0.05) is 26.0 Å². The molecule has 0 radical (unpaired) electrons. The Morgan fingerprint density at radius 3 is 2.28 bits per heavy atom. The predicted molar refractivity (Wildman–Crippen MR) is 160 cm³/mol. The molecule has 1 aromatic carbocycles. The van der Waals surface area contributed by atoms with Crippen molar-refractivity contribution >= 4 is 53.1 Å². The molecule has 3 heterocycles. The molecule has 3 aromatic rings. The number of hydrogen-bond donors (Lipinski definition) is 0. The summed E-state index contributed by atoms with van der Waals surface area (Å²) in [6, 6.07) is 11.2. The van der Waals surface area contributed by atoms with E-state index >= 15 is 0 Å². The highest BCUT2D eigenvalue weighted by Gasteiger charge is 2.30. The summed E-state index contributed by atoms with van der Waals surface area (Å²) in [5.41, 5.74) is 6.78. The maximum Gasteiger partial charge on any atom is 0.410 e. The van der Waals surface area contributed by atoms with Gasteiger partial charge in [0.05, 0.1) is 5.69 Å². The van der Waals surface area contributed by atoms with Gasteiger partial charge in [0.1, 0.15) is 5.60 Å². The molecule has 0 unspecified atom stereocenters. The van der Waals surface area contributed by atoms with Gasteiger partial charge < -0.3 is 14.5 Å². The summed E-state index contributed by atoms with van der Waals surface area (Å²) in [5, 5.41) is 1.23. The van der Waals surface area contributed by atoms with Crippen molar-refractivity contribution in [1.82, 2.24) is 13.9 Å². The minimum absolute atomic E-state index is 0.219. The molecule has 1 saturated heterocycles. The SMILES string of the molecule is CC.Cc1cn(SI)c2nc(C3CC3)c(-c3ccc(N4CCN(C(=O)OC(C)(C)C)CC4)cc3)cc12. The lowest BCUT2D eigenvalue weighted by Gasteiger charge is -2.36. The molecule has 0 atom stereocenters. The minimum atomic E-state index is -0.461. The first-order valence-electron chi connectivity index (χ1n) is 12.9. The van der Waals surface area contributed by atoms with Crippen LogP contribution >= 0.6 is 30.3 Å². The average molecular weight is 621 g/mol. The highest BCUT2D eigenvalue weighted by molar-refractivity contribution is 14.2. The molecule has 36 heavy (non-hydrogen) atoms. The number of halogens is 1. The monoisotopic (exact) mass is 620 g/mol. The Morgan fingerprint density at radius 2 is 1.72 bits per heavy atom. The summed E-state index contributed by atoms with van der Waals surface area (Å²) >= 11 is 2.32. The van der Waals surface area contributed by atoms with Gasteiger partial charge in [0.2, 0.25) is 0 Å². The Labute approximate surface area is 231 Å². The maximum atomic E-state index is 12.4. The summed E-state index contributed by atoms with van der Waals surface area (Å²) in [7, 11) is 1.67. The number of anilines is 1. The van der Waals surface area contributed by atoms with E-state index in [4.69, 9.17) is 9.72 Å². The van der Waals surface area contributed by atoms with Gasteiger partial charge in [0, 0.05) is 85.3 Å². The molecule has 1 saturated carbocycles. The number of carbonyl (C=O) groups is 1. The van der Waals surface area contributed by atoms with Gasteiger partial charge in [0.15, 0.2) is 5.65 Å². The third-order valence-corrected chi connectivity index (χ3v) is 8.19. The van der Waals surface area contributed by atoms with E-state index < -0.39 is 5.60 Å². The van der Waals surface area contributed by atoms with Crippen molar-refractivity contribution in [2.45, 2.75) is 65.9 Å². The van der Waals surface area contributed by atoms with E-state index in [2.05, 4.69) is 73.5 Å². The first kappa shape index (κ1) is 27.1. The van der Waals surface area contributed by atoms with Gasteiger partial charge in [-0.15, -0.1) is 0 Å². The topological polar surface area (TPSA) is 50.6 Å². The zero-order valence-corrected chi connectivity index (χ0v) is 25.1. The molecule has 2 aromatic heterocycles. The summed E-state index contributed by atoms with van der Waals surface area (Å²) in [6.45, 7) is 14.8. The van der Waals surface area contributed by atoms with Crippen molar-refractivity contribution < 1.29 is 9.53 Å². The number of benzene rings is 1. The normalized spacial score (nSPS) is 16.1. The summed E-state index contributed by atoms with van der Waals surface area (Å²) in [4.78, 5) is 21.7. The second kappa shape index (κ2) is 11.2. The van der Waals surface area contributed by atoms with Crippen LogP contribution in [0.25, 0.3) is 22.2 Å². The first-order chi connectivity index (χ1) is 17.2. The molecule has 1 amide bonds. The van der Waals surface area contributed by atoms with Gasteiger partial charge >= 0.3 is 6.09 Å². The van der Waals surface area contributed by atoms with Crippen molar-refractivity contribution in [2.75, 3.05) is 31.1 Å². The van der Waals surface area contributed by atoms with Crippen molar-refractivity contribution in [3.63, 3.8) is 0 Å². The van der Waals surface area contributed by atoms with Crippen LogP contribution in [0.1, 0.15) is 64.6 Å². The lowest BCUT2D eigenvalue weighted by atomic mass is 9.99. The summed E-state index contributed by atoms with van der Waals surface area (Å²) in [5.74, 6) is 0.572. The number of pyridine rings is 1. The van der Waals surface area contributed by atoms with Crippen LogP contribution in [0.2, 0.25) is 0 Å². The number of aromatic nitrogens is 2. The van der Waals surface area contributed by atoms with Crippen molar-refractivity contribution in [3.05, 3.63) is 47.8 Å². The molecule has 2 aliphatic rings. The van der Waals surface area contributed by atoms with E-state index in [-0.39, 0.29) is 6.09 Å². The third kappa shape index (κ3) is 5.96. The zero-order chi connectivity index (χ0) is 26.0. The lowest BCUT2D eigenvalue weighted by Crippen LogP contribution is -2.50. The Balaban J connectivity index is 0.00000148. The number of fused-ring (bicyclic) bond motifs is 1. The minimum Gasteiger partial charge on any atom is -0.444 e. The molecule has 194 valence electrons. The number of amides is 1. The van der Waals surface area contributed by atoms with E-state index in [0.29, 0.717) is 19.0 Å². The lowest BCUT2D eigenvalue weighted by molar-refractivity contribution is 0.0240. The fourth-order valence-corrected chi connectivity index (χ4v) is 5.86. The molecule has 1 aliphatic heterocycles. The summed E-state index contributed by atoms with van der Waals surface area (Å²) in [6.07, 6.45) is 4.41. The maximum absolute atomic E-state index is 12.4. The first-order valence-corrected chi connectivity index (χ1v) is 16.2. The Kier molecular flexibility index (Phi) is 8.44. The number of ether oxygens (including phenoxy) is 1. The van der Waals surface area contributed by atoms with Gasteiger partial charge in [0.25, 0.3) is 0 Å². The quantitative estimate of drug-likeness (QED) is 0.279. The van der Waals surface area contributed by atoms with Gasteiger partial charge in [-0.05, 0) is 69.9 Å². The number of hydrogen-bond acceptors (Lipinski definition) is 5. The Hall–Kier alpha value is -1.94. The van der Waals surface area contributed by atoms with Crippen LogP contribution in [0.4, 0.5) is 10.5 Å². The Bertz CT molecular complexity index is 1210. The van der Waals surface area contributed by atoms with Crippen molar-refractivity contribution in [1.29, 1.82) is 0 Å². The van der Waals surface area contributed by atoms with Crippen LogP contribution in [-0.4, -0.2) is 51.7 Å². The summed E-state index contributed by atoms with van der Waals surface area (Å²) < 4.78 is 7.69. The van der Waals surface area contributed by atoms with E-state index in [0.717, 1.165) is 18.7 Å². The van der Waals surface area contributed by atoms with E-state index in [1.54, 1.807) is 14.0 Å². The molecule has 0 bridgehead atoms. The standard InChI is InChI=1S/C26H31IN4O2S.C2H6/c1-17-16-31(34-27)24-21(17)15-22(23(28-24)19-5-6-19)18-7-9-20(10-8-18)29-11-13-30(14-12-29)25(32)33-26(2,3)4;1-2/h7-10,15-16,19H,5-6,11-14H2,1-4H3;1-2H3. The van der Waals surface area contributed by atoms with Gasteiger partial charge in [-0.25, -0.2) is 9.78 Å². The molecule has 8 heteroatoms. The van der Waals surface area contributed by atoms with Crippen LogP contribution in [0.3, 0.4) is 0 Å². The second-order valence-corrected chi connectivity index (χ2v) is 12.0. The number of nitrogens with zero attached hydrogens (tertiary/aromatic N) is 4. The average Bonchev–Trinajstić information content (AvgIpc) is 3.68. The van der Waals surface area contributed by atoms with Crippen LogP contribution < -0.4 is 4.90 Å². The highest BCUT2D eigenvalue weighted by atomic mass is 127. The van der Waals surface area contributed by atoms with Crippen LogP contribution in [0.5, 0.6) is 0 Å². The largest absolute Gasteiger partial charge is 0.444 e. The second-order valence-electron chi connectivity index (χ2n) is 10.3.